The summed E-state index contributed by atoms with van der Waals surface area (Å²) in [5.74, 6) is -9.05. The van der Waals surface area contributed by atoms with Gasteiger partial charge in [-0.15, -0.1) is 23.2 Å². The molecule has 1 aromatic rings. The van der Waals surface area contributed by atoms with Crippen LogP contribution in [0.3, 0.4) is 0 Å². The lowest BCUT2D eigenvalue weighted by Gasteiger charge is -2.50. The molecule has 0 bridgehead atoms. The van der Waals surface area contributed by atoms with Crippen molar-refractivity contribution in [3.8, 4) is 5.75 Å². The van der Waals surface area contributed by atoms with Crippen LogP contribution in [0.15, 0.2) is 29.8 Å². The van der Waals surface area contributed by atoms with Gasteiger partial charge in [-0.25, -0.2) is 4.39 Å². The molecule has 2 N–H and O–H groups in total. The molecule has 190 valence electrons. The number of carbonyl (C=O) groups is 5. The number of hydrogen-bond acceptors (Lipinski definition) is 6. The predicted octanol–water partition coefficient (Wildman–Crippen LogP) is 1.99. The first-order valence-electron chi connectivity index (χ1n) is 11.3. The lowest BCUT2D eigenvalue weighted by molar-refractivity contribution is -0.143. The highest BCUT2D eigenvalue weighted by atomic mass is 35.5. The maximum absolute atomic E-state index is 14.4. The first-order valence-corrected chi connectivity index (χ1v) is 12.1. The fourth-order valence-corrected chi connectivity index (χ4v) is 7.33. The Kier molecular flexibility index (Phi) is 5.50. The average molecular weight is 539 g/mol. The van der Waals surface area contributed by atoms with Gasteiger partial charge < -0.3 is 10.2 Å². The van der Waals surface area contributed by atoms with Gasteiger partial charge in [-0.2, -0.15) is 0 Å². The molecule has 5 rings (SSSR count). The second-order valence-corrected chi connectivity index (χ2v) is 10.9. The molecule has 3 fully saturated rings. The van der Waals surface area contributed by atoms with Gasteiger partial charge in [0.25, 0.3) is 11.8 Å². The number of amides is 4. The Balaban J connectivity index is 1.66. The maximum Gasteiger partial charge on any atom is 0.305 e. The molecule has 2 aliphatic heterocycles. The number of likely N-dealkylation sites (tertiary alicyclic amines) is 2. The van der Waals surface area contributed by atoms with E-state index in [4.69, 9.17) is 28.3 Å². The first-order chi connectivity index (χ1) is 16.8. The molecule has 6 atom stereocenters. The molecule has 1 aromatic carbocycles. The van der Waals surface area contributed by atoms with E-state index in [1.165, 1.54) is 13.1 Å². The Morgan fingerprint density at radius 3 is 2.47 bits per heavy atom. The molecule has 4 aliphatic rings. The monoisotopic (exact) mass is 538 g/mol. The minimum atomic E-state index is -2.05. The van der Waals surface area contributed by atoms with Crippen molar-refractivity contribution >= 4 is 52.8 Å². The van der Waals surface area contributed by atoms with Gasteiger partial charge in [0.2, 0.25) is 11.8 Å². The van der Waals surface area contributed by atoms with Crippen LogP contribution in [0.5, 0.6) is 5.75 Å². The highest BCUT2D eigenvalue weighted by molar-refractivity contribution is 6.53. The number of carbonyl (C=O) groups excluding carboxylic acids is 4. The highest BCUT2D eigenvalue weighted by Crippen LogP contribution is 2.65. The quantitative estimate of drug-likeness (QED) is 0.340. The third-order valence-electron chi connectivity index (χ3n) is 7.96. The SMILES string of the molecule is CN1C(=O)[C@]2(Cl)C[C@@H]3C(=CC[C@@H]4C(=O)N(CCC(=O)O)C(=O)[C@@H]43)[C@H](c3ccc(O)c(F)c3)[C@]2(Cl)C1=O. The summed E-state index contributed by atoms with van der Waals surface area (Å²) in [6.45, 7) is -0.291. The summed E-state index contributed by atoms with van der Waals surface area (Å²) in [5, 5.41) is 18.7. The predicted molar refractivity (Wildman–Crippen MR) is 123 cm³/mol. The first kappa shape index (κ1) is 24.7. The molecule has 12 heteroatoms. The zero-order valence-corrected chi connectivity index (χ0v) is 20.4. The van der Waals surface area contributed by atoms with Crippen molar-refractivity contribution in [2.24, 2.45) is 17.8 Å². The smallest absolute Gasteiger partial charge is 0.305 e. The number of aromatic hydroxyl groups is 1. The van der Waals surface area contributed by atoms with Crippen molar-refractivity contribution in [2.75, 3.05) is 13.6 Å². The lowest BCUT2D eigenvalue weighted by Crippen LogP contribution is -2.60. The molecule has 1 saturated carbocycles. The molecule has 36 heavy (non-hydrogen) atoms. The third kappa shape index (κ3) is 3.03. The maximum atomic E-state index is 14.4. The fourth-order valence-electron chi connectivity index (χ4n) is 6.31. The number of phenols is 1. The van der Waals surface area contributed by atoms with E-state index >= 15 is 0 Å². The Bertz CT molecular complexity index is 1280. The number of aliphatic carboxylic acids is 1. The Morgan fingerprint density at radius 1 is 1.14 bits per heavy atom. The summed E-state index contributed by atoms with van der Waals surface area (Å²) < 4.78 is 14.4. The van der Waals surface area contributed by atoms with Crippen LogP contribution in [0.4, 0.5) is 4.39 Å². The number of carboxylic acid groups (broad SMARTS) is 1. The van der Waals surface area contributed by atoms with E-state index in [1.54, 1.807) is 6.08 Å². The van der Waals surface area contributed by atoms with Crippen LogP contribution in [-0.4, -0.2) is 73.0 Å². The highest BCUT2D eigenvalue weighted by Gasteiger charge is 2.75. The van der Waals surface area contributed by atoms with E-state index in [0.717, 1.165) is 21.9 Å². The normalized spacial score (nSPS) is 35.5. The van der Waals surface area contributed by atoms with Crippen LogP contribution in [0, 0.1) is 23.6 Å². The van der Waals surface area contributed by atoms with E-state index in [1.807, 2.05) is 0 Å². The zero-order valence-electron chi connectivity index (χ0n) is 18.9. The van der Waals surface area contributed by atoms with Gasteiger partial charge >= 0.3 is 5.97 Å². The molecular weight excluding hydrogens is 518 g/mol. The van der Waals surface area contributed by atoms with Crippen molar-refractivity contribution in [2.45, 2.75) is 34.9 Å². The minimum Gasteiger partial charge on any atom is -0.505 e. The number of rotatable bonds is 4. The second kappa shape index (κ2) is 8.01. The molecule has 2 saturated heterocycles. The number of hydrogen-bond donors (Lipinski definition) is 2. The molecule has 0 spiro atoms. The van der Waals surface area contributed by atoms with Crippen molar-refractivity contribution in [3.05, 3.63) is 41.2 Å². The summed E-state index contributed by atoms with van der Waals surface area (Å²) in [6.07, 6.45) is 1.16. The van der Waals surface area contributed by atoms with Gasteiger partial charge in [-0.1, -0.05) is 17.7 Å². The number of allylic oxidation sites excluding steroid dienone is 2. The van der Waals surface area contributed by atoms with E-state index in [9.17, 15) is 33.5 Å². The lowest BCUT2D eigenvalue weighted by atomic mass is 9.56. The van der Waals surface area contributed by atoms with Gasteiger partial charge in [0.05, 0.1) is 18.3 Å². The summed E-state index contributed by atoms with van der Waals surface area (Å²) in [4.78, 5) is 61.8. The Hall–Kier alpha value is -2.98. The number of halogens is 3. The standard InChI is InChI=1S/C24H21Cl2FN2O7/c1-28-21(35)23(25)9-13-11(3-4-12-17(13)20(34)29(19(12)33)7-6-16(31)32)18(24(23,26)22(28)36)10-2-5-15(30)14(27)8-10/h2-3,5,8,12-13,17-18,30H,4,6-7,9H2,1H3,(H,31,32)/t12-,13+,17-,18-,23+,24-/m0/s1. The van der Waals surface area contributed by atoms with E-state index in [2.05, 4.69) is 0 Å². The summed E-state index contributed by atoms with van der Waals surface area (Å²) in [7, 11) is 1.24. The van der Waals surface area contributed by atoms with Crippen LogP contribution >= 0.6 is 23.2 Å². The number of nitrogens with zero attached hydrogens (tertiary/aromatic N) is 2. The number of benzene rings is 1. The van der Waals surface area contributed by atoms with Crippen LogP contribution in [0.2, 0.25) is 0 Å². The number of alkyl halides is 2. The summed E-state index contributed by atoms with van der Waals surface area (Å²) in [6, 6.07) is 3.48. The van der Waals surface area contributed by atoms with Crippen molar-refractivity contribution in [1.82, 2.24) is 9.80 Å². The van der Waals surface area contributed by atoms with Crippen molar-refractivity contribution < 1.29 is 38.6 Å². The van der Waals surface area contributed by atoms with Gasteiger partial charge in [0.1, 0.15) is 0 Å². The van der Waals surface area contributed by atoms with Crippen molar-refractivity contribution in [3.63, 3.8) is 0 Å². The van der Waals surface area contributed by atoms with Gasteiger partial charge in [0, 0.05) is 19.5 Å². The van der Waals surface area contributed by atoms with E-state index in [-0.39, 0.29) is 24.9 Å². The van der Waals surface area contributed by atoms with Crippen LogP contribution in [0.25, 0.3) is 0 Å². The summed E-state index contributed by atoms with van der Waals surface area (Å²) in [5.41, 5.74) is 0.654. The van der Waals surface area contributed by atoms with E-state index in [0.29, 0.717) is 5.57 Å². The molecule has 0 radical (unpaired) electrons. The molecule has 4 amide bonds. The van der Waals surface area contributed by atoms with E-state index < -0.39 is 81.0 Å². The molecular formula is C24H21Cl2FN2O7. The molecule has 9 nitrogen and oxygen atoms in total. The fraction of sp³-hybridized carbons (Fsp3) is 0.458. The topological polar surface area (TPSA) is 132 Å². The number of phenolic OH excluding ortho intramolecular Hbond substituents is 1. The minimum absolute atomic E-state index is 0.113. The van der Waals surface area contributed by atoms with Crippen LogP contribution in [-0.2, 0) is 24.0 Å². The average Bonchev–Trinajstić information content (AvgIpc) is 3.14. The van der Waals surface area contributed by atoms with Crippen LogP contribution < -0.4 is 0 Å². The Labute approximate surface area is 214 Å². The second-order valence-electron chi connectivity index (χ2n) is 9.68. The van der Waals surface area contributed by atoms with Gasteiger partial charge in [-0.3, -0.25) is 33.8 Å². The molecule has 0 unspecified atom stereocenters. The number of imide groups is 2. The van der Waals surface area contributed by atoms with Gasteiger partial charge in [-0.05, 0) is 36.5 Å². The largest absolute Gasteiger partial charge is 0.505 e. The van der Waals surface area contributed by atoms with Crippen molar-refractivity contribution in [1.29, 1.82) is 0 Å². The van der Waals surface area contributed by atoms with Gasteiger partial charge in [0.15, 0.2) is 21.3 Å². The van der Waals surface area contributed by atoms with Crippen LogP contribution in [0.1, 0.15) is 30.7 Å². The third-order valence-corrected chi connectivity index (χ3v) is 9.37. The number of carboxylic acids is 1. The molecule has 0 aromatic heterocycles. The summed E-state index contributed by atoms with van der Waals surface area (Å²) >= 11 is 13.9. The molecule has 2 aliphatic carbocycles. The zero-order chi connectivity index (χ0) is 26.3. The number of fused-ring (bicyclic) bond motifs is 4. The Morgan fingerprint density at radius 2 is 1.83 bits per heavy atom. The molecule has 2 heterocycles.